The number of hydrogen-bond acceptors (Lipinski definition) is 4. The lowest BCUT2D eigenvalue weighted by atomic mass is 10.1. The van der Waals surface area contributed by atoms with Gasteiger partial charge in [-0.2, -0.15) is 0 Å². The van der Waals surface area contributed by atoms with E-state index in [1.165, 1.54) is 24.3 Å². The van der Waals surface area contributed by atoms with E-state index in [1.807, 2.05) is 31.2 Å². The minimum absolute atomic E-state index is 0.00645. The Hall–Kier alpha value is -3.13. The van der Waals surface area contributed by atoms with Crippen molar-refractivity contribution in [2.24, 2.45) is 0 Å². The molecule has 0 aliphatic heterocycles. The highest BCUT2D eigenvalue weighted by molar-refractivity contribution is 7.14. The van der Waals surface area contributed by atoms with Crippen LogP contribution in [0.1, 0.15) is 35.8 Å². The van der Waals surface area contributed by atoms with E-state index < -0.39 is 17.5 Å². The highest BCUT2D eigenvalue weighted by Crippen LogP contribution is 2.26. The van der Waals surface area contributed by atoms with Crippen LogP contribution in [-0.2, 0) is 4.79 Å². The summed E-state index contributed by atoms with van der Waals surface area (Å²) in [5, 5.41) is 7.53. The van der Waals surface area contributed by atoms with Crippen molar-refractivity contribution in [2.75, 3.05) is 5.32 Å². The number of carbonyl (C=O) groups excluding carboxylic acids is 2. The van der Waals surface area contributed by atoms with Crippen molar-refractivity contribution < 1.29 is 18.4 Å². The second-order valence-electron chi connectivity index (χ2n) is 6.17. The highest BCUT2D eigenvalue weighted by Gasteiger charge is 2.13. The van der Waals surface area contributed by atoms with Crippen LogP contribution in [0, 0.1) is 11.6 Å². The van der Waals surface area contributed by atoms with E-state index in [1.54, 1.807) is 5.38 Å². The maximum absolute atomic E-state index is 13.3. The molecule has 28 heavy (non-hydrogen) atoms. The molecule has 1 atom stereocenters. The van der Waals surface area contributed by atoms with Crippen LogP contribution < -0.4 is 10.6 Å². The molecule has 0 fully saturated rings. The smallest absolute Gasteiger partial charge is 0.257 e. The topological polar surface area (TPSA) is 71.1 Å². The monoisotopic (exact) mass is 401 g/mol. The Balaban J connectivity index is 1.70. The number of halogens is 2. The molecule has 0 spiro atoms. The molecule has 2 amide bonds. The molecule has 1 aromatic heterocycles. The van der Waals surface area contributed by atoms with Gasteiger partial charge in [-0.25, -0.2) is 13.8 Å². The van der Waals surface area contributed by atoms with Gasteiger partial charge in [0.25, 0.3) is 5.91 Å². The zero-order chi connectivity index (χ0) is 20.3. The summed E-state index contributed by atoms with van der Waals surface area (Å²) in [6.07, 6.45) is 0. The number of rotatable bonds is 5. The third-order valence-corrected chi connectivity index (χ3v) is 4.79. The van der Waals surface area contributed by atoms with Gasteiger partial charge in [0.1, 0.15) is 0 Å². The fraction of sp³-hybridized carbons (Fsp3) is 0.150. The molecule has 0 saturated carbocycles. The van der Waals surface area contributed by atoms with Crippen molar-refractivity contribution in [1.82, 2.24) is 10.3 Å². The highest BCUT2D eigenvalue weighted by atomic mass is 32.1. The molecule has 5 nitrogen and oxygen atoms in total. The minimum Gasteiger partial charge on any atom is -0.350 e. The zero-order valence-corrected chi connectivity index (χ0v) is 15.9. The van der Waals surface area contributed by atoms with E-state index in [0.29, 0.717) is 10.8 Å². The SMILES string of the molecule is CC(=O)NC(C)c1ccc(-c2csc(NC(=O)c3ccc(F)c(F)c3)n2)cc1. The average molecular weight is 401 g/mol. The van der Waals surface area contributed by atoms with Crippen LogP contribution in [0.25, 0.3) is 11.3 Å². The number of thiazole rings is 1. The average Bonchev–Trinajstić information content (AvgIpc) is 3.12. The Kier molecular flexibility index (Phi) is 5.79. The standard InChI is InChI=1S/C20H17F2N3O2S/c1-11(23-12(2)26)13-3-5-14(6-4-13)18-10-28-20(24-18)25-19(27)15-7-8-16(21)17(22)9-15/h3-11H,1-2H3,(H,23,26)(H,24,25,27). The number of amides is 2. The number of anilines is 1. The Morgan fingerprint density at radius 3 is 2.43 bits per heavy atom. The van der Waals surface area contributed by atoms with Crippen molar-refractivity contribution in [3.05, 3.63) is 70.6 Å². The number of aromatic nitrogens is 1. The summed E-state index contributed by atoms with van der Waals surface area (Å²) in [7, 11) is 0. The van der Waals surface area contributed by atoms with Gasteiger partial charge in [0.05, 0.1) is 11.7 Å². The fourth-order valence-corrected chi connectivity index (χ4v) is 3.32. The summed E-state index contributed by atoms with van der Waals surface area (Å²) in [6, 6.07) is 10.4. The number of benzene rings is 2. The van der Waals surface area contributed by atoms with Crippen molar-refractivity contribution in [3.63, 3.8) is 0 Å². The summed E-state index contributed by atoms with van der Waals surface area (Å²) < 4.78 is 26.3. The molecule has 1 unspecified atom stereocenters. The first-order valence-electron chi connectivity index (χ1n) is 8.43. The van der Waals surface area contributed by atoms with Gasteiger partial charge in [0.2, 0.25) is 5.91 Å². The lowest BCUT2D eigenvalue weighted by Gasteiger charge is -2.13. The van der Waals surface area contributed by atoms with Crippen molar-refractivity contribution >= 4 is 28.3 Å². The number of carbonyl (C=O) groups is 2. The normalized spacial score (nSPS) is 11.7. The van der Waals surface area contributed by atoms with Crippen LogP contribution >= 0.6 is 11.3 Å². The molecule has 1 heterocycles. The number of hydrogen-bond donors (Lipinski definition) is 2. The molecule has 0 radical (unpaired) electrons. The first kappa shape index (κ1) is 19.6. The van der Waals surface area contributed by atoms with Crippen LogP contribution in [0.5, 0.6) is 0 Å². The Morgan fingerprint density at radius 2 is 1.79 bits per heavy atom. The van der Waals surface area contributed by atoms with Crippen molar-refractivity contribution in [3.8, 4) is 11.3 Å². The molecule has 3 rings (SSSR count). The lowest BCUT2D eigenvalue weighted by Crippen LogP contribution is -2.23. The quantitative estimate of drug-likeness (QED) is 0.660. The summed E-state index contributed by atoms with van der Waals surface area (Å²) >= 11 is 1.23. The maximum Gasteiger partial charge on any atom is 0.257 e. The second kappa shape index (κ2) is 8.26. The Labute approximate surface area is 164 Å². The molecule has 0 aliphatic rings. The predicted molar refractivity (Wildman–Crippen MR) is 104 cm³/mol. The summed E-state index contributed by atoms with van der Waals surface area (Å²) in [4.78, 5) is 27.7. The molecule has 0 bridgehead atoms. The third-order valence-electron chi connectivity index (χ3n) is 4.03. The van der Waals surface area contributed by atoms with Crippen molar-refractivity contribution in [2.45, 2.75) is 19.9 Å². The van der Waals surface area contributed by atoms with Crippen molar-refractivity contribution in [1.29, 1.82) is 0 Å². The molecule has 2 aromatic carbocycles. The summed E-state index contributed by atoms with van der Waals surface area (Å²) in [5.41, 5.74) is 2.49. The van der Waals surface area contributed by atoms with E-state index in [0.717, 1.165) is 23.3 Å². The van der Waals surface area contributed by atoms with Gasteiger partial charge in [-0.05, 0) is 30.7 Å². The minimum atomic E-state index is -1.08. The third kappa shape index (κ3) is 4.58. The van der Waals surface area contributed by atoms with E-state index >= 15 is 0 Å². The Bertz CT molecular complexity index is 1020. The van der Waals surface area contributed by atoms with Crippen LogP contribution in [0.2, 0.25) is 0 Å². The molecule has 0 saturated heterocycles. The lowest BCUT2D eigenvalue weighted by molar-refractivity contribution is -0.119. The van der Waals surface area contributed by atoms with Gasteiger partial charge in [0.15, 0.2) is 16.8 Å². The molecule has 2 N–H and O–H groups in total. The van der Waals surface area contributed by atoms with E-state index in [9.17, 15) is 18.4 Å². The second-order valence-corrected chi connectivity index (χ2v) is 7.02. The molecular weight excluding hydrogens is 384 g/mol. The van der Waals surface area contributed by atoms with Crippen LogP contribution in [0.4, 0.5) is 13.9 Å². The Morgan fingerprint density at radius 1 is 1.07 bits per heavy atom. The summed E-state index contributed by atoms with van der Waals surface area (Å²) in [6.45, 7) is 3.36. The van der Waals surface area contributed by atoms with Gasteiger partial charge < -0.3 is 5.32 Å². The molecular formula is C20H17F2N3O2S. The molecule has 8 heteroatoms. The molecule has 0 aliphatic carbocycles. The first-order valence-corrected chi connectivity index (χ1v) is 9.31. The predicted octanol–water partition coefficient (Wildman–Crippen LogP) is 4.54. The van der Waals surface area contributed by atoms with Gasteiger partial charge in [-0.15, -0.1) is 11.3 Å². The van der Waals surface area contributed by atoms with Gasteiger partial charge in [-0.1, -0.05) is 24.3 Å². The molecule has 3 aromatic rings. The van der Waals surface area contributed by atoms with Gasteiger partial charge in [-0.3, -0.25) is 14.9 Å². The van der Waals surface area contributed by atoms with E-state index in [-0.39, 0.29) is 17.5 Å². The molecule has 144 valence electrons. The van der Waals surface area contributed by atoms with Crippen LogP contribution in [0.3, 0.4) is 0 Å². The fourth-order valence-electron chi connectivity index (χ4n) is 2.60. The van der Waals surface area contributed by atoms with E-state index in [4.69, 9.17) is 0 Å². The van der Waals surface area contributed by atoms with Crippen LogP contribution in [-0.4, -0.2) is 16.8 Å². The van der Waals surface area contributed by atoms with E-state index in [2.05, 4.69) is 15.6 Å². The largest absolute Gasteiger partial charge is 0.350 e. The number of nitrogens with one attached hydrogen (secondary N) is 2. The van der Waals surface area contributed by atoms with Crippen LogP contribution in [0.15, 0.2) is 47.8 Å². The number of nitrogens with zero attached hydrogens (tertiary/aromatic N) is 1. The zero-order valence-electron chi connectivity index (χ0n) is 15.1. The maximum atomic E-state index is 13.3. The van der Waals surface area contributed by atoms with Gasteiger partial charge >= 0.3 is 0 Å². The summed E-state index contributed by atoms with van der Waals surface area (Å²) in [5.74, 6) is -2.76. The first-order chi connectivity index (χ1) is 13.3. The van der Waals surface area contributed by atoms with Gasteiger partial charge in [0, 0.05) is 23.4 Å².